The largest absolute Gasteiger partial charge is 0.691 e. The SMILES string of the molecule is CC.CC#[N+][C@@]1([N+]2=CCCC=C2C/C=C(\C=C2/NON=C2/C=C\C)C(=O)OCC)C(=C/CN(C)C)/C(=C\C)C2=CC=[N+]21. The number of hydroxylamine groups is 1. The number of rotatable bonds is 9. The molecule has 0 unspecified atom stereocenters. The van der Waals surface area contributed by atoms with Gasteiger partial charge in [0.1, 0.15) is 11.4 Å². The molecule has 1 saturated heterocycles. The monoisotopic (exact) mass is 573 g/mol. The molecule has 0 aliphatic carbocycles. The number of oxime groups is 1. The first-order chi connectivity index (χ1) is 20.4. The summed E-state index contributed by atoms with van der Waals surface area (Å²) in [5.74, 6) is -1.23. The molecule has 222 valence electrons. The van der Waals surface area contributed by atoms with Crippen molar-refractivity contribution in [1.82, 2.24) is 10.4 Å². The van der Waals surface area contributed by atoms with Gasteiger partial charge in [-0.1, -0.05) is 46.4 Å². The number of hydrogen-bond donors (Lipinski definition) is 1. The topological polar surface area (TPSA) is 73.5 Å². The standard InChI is InChI=1S/C31H39N6O3.C2H6/c1-7-13-27-28(34-40-33-27)22-23(30(38)39-10-4)15-16-24-14-11-12-19-36(24)31(32-9-3)26(17-20-35(5)6)25(8-2)29-18-21-37(29)31;1-2/h7-8,13-15,17-19,21-22,34H,10-12,16,20H2,1-6H3;1-2H3/q+3;/b13-7-,23-15+,25-8+,26-17+,28-22-;/t31-;/m1./s1. The van der Waals surface area contributed by atoms with Gasteiger partial charge in [-0.15, -0.1) is 0 Å². The van der Waals surface area contributed by atoms with Gasteiger partial charge in [0.15, 0.2) is 18.1 Å². The Morgan fingerprint density at radius 1 is 1.29 bits per heavy atom. The molecular formula is C33H45N6O3+3. The van der Waals surface area contributed by atoms with Crippen molar-refractivity contribution in [2.75, 3.05) is 27.2 Å². The van der Waals surface area contributed by atoms with Crippen LogP contribution in [0.3, 0.4) is 0 Å². The number of carbonyl (C=O) groups is 1. The van der Waals surface area contributed by atoms with E-state index in [1.807, 2.05) is 45.9 Å². The molecule has 0 aromatic rings. The number of ether oxygens (including phenoxy) is 1. The van der Waals surface area contributed by atoms with Crippen LogP contribution < -0.4 is 5.48 Å². The zero-order chi connectivity index (χ0) is 30.7. The van der Waals surface area contributed by atoms with Gasteiger partial charge in [0.2, 0.25) is 11.3 Å². The minimum absolute atomic E-state index is 0.276. The average Bonchev–Trinajstić information content (AvgIpc) is 3.48. The zero-order valence-electron chi connectivity index (χ0n) is 26.3. The van der Waals surface area contributed by atoms with E-state index >= 15 is 0 Å². The Hall–Kier alpha value is -4.29. The van der Waals surface area contributed by atoms with Crippen molar-refractivity contribution >= 4 is 24.1 Å². The summed E-state index contributed by atoms with van der Waals surface area (Å²) in [4.78, 5) is 25.2. The highest BCUT2D eigenvalue weighted by atomic mass is 16.8. The molecule has 9 nitrogen and oxygen atoms in total. The second-order valence-electron chi connectivity index (χ2n) is 9.76. The Labute approximate surface area is 250 Å². The van der Waals surface area contributed by atoms with E-state index in [1.54, 1.807) is 13.0 Å². The van der Waals surface area contributed by atoms with Crippen LogP contribution in [0.1, 0.15) is 60.8 Å². The van der Waals surface area contributed by atoms with Gasteiger partial charge in [-0.25, -0.2) is 4.79 Å². The Balaban J connectivity index is 0.00000237. The van der Waals surface area contributed by atoms with Crippen LogP contribution in [-0.2, 0) is 14.5 Å². The molecule has 1 N–H and O–H groups in total. The molecular weight excluding hydrogens is 528 g/mol. The predicted octanol–water partition coefficient (Wildman–Crippen LogP) is 5.44. The number of esters is 1. The summed E-state index contributed by atoms with van der Waals surface area (Å²) in [6.45, 7) is 12.6. The Morgan fingerprint density at radius 2 is 2.07 bits per heavy atom. The van der Waals surface area contributed by atoms with Crippen molar-refractivity contribution in [2.24, 2.45) is 5.16 Å². The van der Waals surface area contributed by atoms with Gasteiger partial charge in [-0.05, 0) is 65.6 Å². The summed E-state index contributed by atoms with van der Waals surface area (Å²) in [5, 5.41) is 3.98. The molecule has 1 fully saturated rings. The lowest BCUT2D eigenvalue weighted by atomic mass is 9.99. The molecule has 0 aromatic heterocycles. The smallest absolute Gasteiger partial charge is 0.462 e. The van der Waals surface area contributed by atoms with E-state index in [9.17, 15) is 4.79 Å². The van der Waals surface area contributed by atoms with Crippen LogP contribution >= 0.6 is 0 Å². The Bertz CT molecular complexity index is 1440. The van der Waals surface area contributed by atoms with Crippen LogP contribution in [0.25, 0.3) is 4.85 Å². The average molecular weight is 574 g/mol. The third-order valence-electron chi connectivity index (χ3n) is 6.87. The number of nitrogens with one attached hydrogen (secondary N) is 1. The molecule has 1 atom stereocenters. The van der Waals surface area contributed by atoms with E-state index in [2.05, 4.69) is 88.5 Å². The van der Waals surface area contributed by atoms with Crippen LogP contribution in [0.4, 0.5) is 0 Å². The molecule has 0 radical (unpaired) electrons. The van der Waals surface area contributed by atoms with Gasteiger partial charge < -0.3 is 9.64 Å². The minimum Gasteiger partial charge on any atom is -0.462 e. The summed E-state index contributed by atoms with van der Waals surface area (Å²) < 4.78 is 9.84. The molecule has 4 heterocycles. The first-order valence-electron chi connectivity index (χ1n) is 14.7. The van der Waals surface area contributed by atoms with Gasteiger partial charge in [-0.3, -0.25) is 4.94 Å². The number of fused-ring (bicyclic) bond motifs is 1. The van der Waals surface area contributed by atoms with E-state index in [-0.39, 0.29) is 6.61 Å². The molecule has 0 spiro atoms. The van der Waals surface area contributed by atoms with E-state index < -0.39 is 11.8 Å². The van der Waals surface area contributed by atoms with Gasteiger partial charge in [0.25, 0.3) is 6.07 Å². The minimum atomic E-state index is -0.827. The third kappa shape index (κ3) is 6.44. The summed E-state index contributed by atoms with van der Waals surface area (Å²) in [6, 6.07) is 3.11. The molecule has 0 bridgehead atoms. The second-order valence-corrected chi connectivity index (χ2v) is 9.76. The van der Waals surface area contributed by atoms with Crippen molar-refractivity contribution in [2.45, 2.75) is 66.6 Å². The number of carbonyl (C=O) groups excluding carboxylic acids is 1. The van der Waals surface area contributed by atoms with E-state index in [1.165, 1.54) is 0 Å². The molecule has 4 aliphatic rings. The maximum Gasteiger partial charge on any atom is 0.691 e. The van der Waals surface area contributed by atoms with Crippen LogP contribution in [0.5, 0.6) is 0 Å². The van der Waals surface area contributed by atoms with Crippen molar-refractivity contribution in [1.29, 1.82) is 0 Å². The Morgan fingerprint density at radius 3 is 2.69 bits per heavy atom. The lowest BCUT2D eigenvalue weighted by molar-refractivity contribution is -0.755. The highest BCUT2D eigenvalue weighted by Gasteiger charge is 2.77. The first kappa shape index (κ1) is 32.2. The third-order valence-corrected chi connectivity index (χ3v) is 6.87. The summed E-state index contributed by atoms with van der Waals surface area (Å²) >= 11 is 0. The van der Waals surface area contributed by atoms with Crippen LogP contribution in [0, 0.1) is 6.07 Å². The highest BCUT2D eigenvalue weighted by molar-refractivity contribution is 6.09. The highest BCUT2D eigenvalue weighted by Crippen LogP contribution is 2.47. The predicted molar refractivity (Wildman–Crippen MR) is 169 cm³/mol. The van der Waals surface area contributed by atoms with Crippen LogP contribution in [0.2, 0.25) is 0 Å². The molecule has 0 aromatic carbocycles. The van der Waals surface area contributed by atoms with Gasteiger partial charge in [-0.2, -0.15) is 5.48 Å². The normalized spacial score (nSPS) is 23.9. The van der Waals surface area contributed by atoms with E-state index in [4.69, 9.17) is 14.5 Å². The summed E-state index contributed by atoms with van der Waals surface area (Å²) in [7, 11) is 4.12. The van der Waals surface area contributed by atoms with Crippen molar-refractivity contribution in [3.05, 3.63) is 87.3 Å². The number of likely N-dealkylation sites (N-methyl/N-ethyl adjacent to an activating group) is 1. The molecule has 0 saturated carbocycles. The number of nitrogens with zero attached hydrogens (tertiary/aromatic N) is 5. The first-order valence-corrected chi connectivity index (χ1v) is 14.7. The number of allylic oxidation sites excluding steroid dienone is 7. The fourth-order valence-corrected chi connectivity index (χ4v) is 5.13. The summed E-state index contributed by atoms with van der Waals surface area (Å²) in [5.41, 5.74) is 8.82. The fraction of sp³-hybridized carbons (Fsp3) is 0.424. The maximum absolute atomic E-state index is 13.0. The van der Waals surface area contributed by atoms with Crippen LogP contribution in [0.15, 0.2) is 87.6 Å². The molecule has 0 amide bonds. The second kappa shape index (κ2) is 15.1. The zero-order valence-corrected chi connectivity index (χ0v) is 26.3. The summed E-state index contributed by atoms with van der Waals surface area (Å²) in [6.07, 6.45) is 22.6. The molecule has 9 heteroatoms. The molecule has 4 aliphatic heterocycles. The van der Waals surface area contributed by atoms with Gasteiger partial charge in [0, 0.05) is 13.0 Å². The van der Waals surface area contributed by atoms with Crippen molar-refractivity contribution in [3.8, 4) is 6.07 Å². The number of hydrogen-bond acceptors (Lipinski definition) is 6. The fourth-order valence-electron chi connectivity index (χ4n) is 5.13. The Kier molecular flexibility index (Phi) is 11.6. The molecule has 4 rings (SSSR count). The van der Waals surface area contributed by atoms with Crippen molar-refractivity contribution in [3.63, 3.8) is 0 Å². The molecule has 42 heavy (non-hydrogen) atoms. The van der Waals surface area contributed by atoms with E-state index in [0.29, 0.717) is 23.4 Å². The maximum atomic E-state index is 13.0. The van der Waals surface area contributed by atoms with Crippen LogP contribution in [-0.4, -0.2) is 71.2 Å². The van der Waals surface area contributed by atoms with Gasteiger partial charge >= 0.3 is 11.8 Å². The van der Waals surface area contributed by atoms with Crippen molar-refractivity contribution < 1.29 is 23.6 Å². The van der Waals surface area contributed by atoms with Gasteiger partial charge in [0.05, 0.1) is 42.0 Å². The quantitative estimate of drug-likeness (QED) is 0.226. The van der Waals surface area contributed by atoms with E-state index in [0.717, 1.165) is 41.9 Å². The lowest BCUT2D eigenvalue weighted by Crippen LogP contribution is -2.49. The lowest BCUT2D eigenvalue weighted by Gasteiger charge is -2.15.